The highest BCUT2D eigenvalue weighted by atomic mass is 35.5. The number of thioether (sulfide) groups is 1. The van der Waals surface area contributed by atoms with Gasteiger partial charge in [-0.1, -0.05) is 47.1 Å². The minimum absolute atomic E-state index is 0.0838. The fraction of sp³-hybridized carbons (Fsp3) is 0.250. The third-order valence-corrected chi connectivity index (χ3v) is 5.12. The van der Waals surface area contributed by atoms with Gasteiger partial charge in [-0.2, -0.15) is 18.4 Å². The number of benzene rings is 1. The second-order valence-electron chi connectivity index (χ2n) is 4.98. The van der Waals surface area contributed by atoms with Gasteiger partial charge in [-0.3, -0.25) is 4.99 Å². The molecule has 1 aromatic carbocycles. The van der Waals surface area contributed by atoms with Crippen molar-refractivity contribution in [3.63, 3.8) is 0 Å². The van der Waals surface area contributed by atoms with E-state index in [1.165, 1.54) is 19.2 Å². The van der Waals surface area contributed by atoms with Crippen LogP contribution in [0.3, 0.4) is 0 Å². The van der Waals surface area contributed by atoms with Crippen LogP contribution in [0.5, 0.6) is 0 Å². The first kappa shape index (κ1) is 20.5. The first-order chi connectivity index (χ1) is 12.2. The molecule has 2 rings (SSSR count). The van der Waals surface area contributed by atoms with Gasteiger partial charge in [0, 0.05) is 19.1 Å². The van der Waals surface area contributed by atoms with E-state index in [2.05, 4.69) is 10.3 Å². The van der Waals surface area contributed by atoms with E-state index in [0.717, 1.165) is 16.3 Å². The summed E-state index contributed by atoms with van der Waals surface area (Å²) in [6.07, 6.45) is -4.73. The molecule has 1 N–H and O–H groups in total. The van der Waals surface area contributed by atoms with Crippen LogP contribution in [0.15, 0.2) is 29.3 Å². The molecule has 0 unspecified atom stereocenters. The van der Waals surface area contributed by atoms with Gasteiger partial charge in [-0.15, -0.1) is 0 Å². The zero-order valence-electron chi connectivity index (χ0n) is 13.7. The summed E-state index contributed by atoms with van der Waals surface area (Å²) in [4.78, 5) is 3.94. The van der Waals surface area contributed by atoms with Gasteiger partial charge in [0.25, 0.3) is 0 Å². The van der Waals surface area contributed by atoms with Crippen molar-refractivity contribution in [2.24, 2.45) is 4.99 Å². The number of nitriles is 1. The van der Waals surface area contributed by atoms with Crippen molar-refractivity contribution in [3.8, 4) is 17.3 Å². The van der Waals surface area contributed by atoms with E-state index in [1.54, 1.807) is 25.2 Å². The molecule has 4 nitrogen and oxygen atoms in total. The monoisotopic (exact) mass is 420 g/mol. The van der Waals surface area contributed by atoms with E-state index in [1.807, 2.05) is 0 Å². The molecule has 1 aromatic heterocycles. The minimum atomic E-state index is -4.73. The molecule has 1 heterocycles. The van der Waals surface area contributed by atoms with Crippen molar-refractivity contribution in [2.75, 3.05) is 14.1 Å². The number of aliphatic imine (C=N–C) groups is 1. The lowest BCUT2D eigenvalue weighted by Gasteiger charge is -2.16. The maximum atomic E-state index is 13.6. The Balaban J connectivity index is 2.71. The van der Waals surface area contributed by atoms with Crippen LogP contribution in [-0.2, 0) is 12.1 Å². The van der Waals surface area contributed by atoms with Crippen LogP contribution in [0.2, 0.25) is 10.0 Å². The van der Waals surface area contributed by atoms with Gasteiger partial charge >= 0.3 is 6.18 Å². The molecule has 138 valence electrons. The van der Waals surface area contributed by atoms with Crippen molar-refractivity contribution in [1.82, 2.24) is 9.88 Å². The largest absolute Gasteiger partial charge is 0.432 e. The van der Waals surface area contributed by atoms with Gasteiger partial charge < -0.3 is 9.88 Å². The number of rotatable bonds is 3. The Morgan fingerprint density at radius 2 is 1.92 bits per heavy atom. The molecular weight excluding hydrogens is 408 g/mol. The van der Waals surface area contributed by atoms with Crippen molar-refractivity contribution < 1.29 is 13.2 Å². The Labute approximate surface area is 162 Å². The molecule has 0 saturated heterocycles. The van der Waals surface area contributed by atoms with E-state index in [9.17, 15) is 18.4 Å². The Bertz CT molecular complexity index is 868. The molecule has 0 bridgehead atoms. The van der Waals surface area contributed by atoms with Crippen molar-refractivity contribution in [2.45, 2.75) is 12.1 Å². The molecule has 0 aliphatic rings. The SMILES string of the molecule is CN=C(NC)SCn1c(-c2ccc(Cl)cc2)c(C#N)c(Cl)c1C(F)(F)F. The summed E-state index contributed by atoms with van der Waals surface area (Å²) >= 11 is 12.9. The average Bonchev–Trinajstić information content (AvgIpc) is 2.88. The number of nitrogens with one attached hydrogen (secondary N) is 1. The maximum absolute atomic E-state index is 13.6. The van der Waals surface area contributed by atoms with Crippen LogP contribution in [0.4, 0.5) is 13.2 Å². The Morgan fingerprint density at radius 1 is 1.31 bits per heavy atom. The Kier molecular flexibility index (Phi) is 6.50. The highest BCUT2D eigenvalue weighted by molar-refractivity contribution is 8.13. The summed E-state index contributed by atoms with van der Waals surface area (Å²) in [6, 6.07) is 7.95. The third-order valence-electron chi connectivity index (χ3n) is 3.45. The summed E-state index contributed by atoms with van der Waals surface area (Å²) in [5, 5.41) is 12.4. The predicted molar refractivity (Wildman–Crippen MR) is 99.6 cm³/mol. The van der Waals surface area contributed by atoms with E-state index >= 15 is 0 Å². The normalized spacial score (nSPS) is 12.2. The summed E-state index contributed by atoms with van der Waals surface area (Å²) in [7, 11) is 3.14. The molecule has 2 aromatic rings. The van der Waals surface area contributed by atoms with E-state index in [-0.39, 0.29) is 17.1 Å². The van der Waals surface area contributed by atoms with Crippen molar-refractivity contribution in [3.05, 3.63) is 45.6 Å². The lowest BCUT2D eigenvalue weighted by atomic mass is 10.1. The van der Waals surface area contributed by atoms with Gasteiger partial charge in [0.2, 0.25) is 0 Å². The molecule has 0 saturated carbocycles. The number of alkyl halides is 3. The smallest absolute Gasteiger partial charge is 0.368 e. The predicted octanol–water partition coefficient (Wildman–Crippen LogP) is 5.25. The van der Waals surface area contributed by atoms with E-state index in [4.69, 9.17) is 23.2 Å². The highest BCUT2D eigenvalue weighted by Crippen LogP contribution is 2.43. The van der Waals surface area contributed by atoms with Crippen molar-refractivity contribution >= 4 is 40.1 Å². The van der Waals surface area contributed by atoms with Gasteiger partial charge in [0.15, 0.2) is 5.17 Å². The number of amidine groups is 1. The van der Waals surface area contributed by atoms with Crippen LogP contribution < -0.4 is 5.32 Å². The summed E-state index contributed by atoms with van der Waals surface area (Å²) < 4.78 is 41.8. The lowest BCUT2D eigenvalue weighted by Crippen LogP contribution is -2.18. The fourth-order valence-electron chi connectivity index (χ4n) is 2.38. The minimum Gasteiger partial charge on any atom is -0.368 e. The molecule has 0 amide bonds. The van der Waals surface area contributed by atoms with E-state index in [0.29, 0.717) is 15.8 Å². The number of aromatic nitrogens is 1. The summed E-state index contributed by atoms with van der Waals surface area (Å²) in [5.41, 5.74) is -0.815. The average molecular weight is 421 g/mol. The zero-order valence-corrected chi connectivity index (χ0v) is 16.0. The molecule has 0 fully saturated rings. The number of halogens is 5. The van der Waals surface area contributed by atoms with Gasteiger partial charge in [0.1, 0.15) is 11.8 Å². The molecule has 0 radical (unpaired) electrons. The Morgan fingerprint density at radius 3 is 2.38 bits per heavy atom. The van der Waals surface area contributed by atoms with Crippen LogP contribution in [0, 0.1) is 11.3 Å². The van der Waals surface area contributed by atoms with Crippen LogP contribution in [0.25, 0.3) is 11.3 Å². The van der Waals surface area contributed by atoms with Gasteiger partial charge in [0.05, 0.1) is 22.2 Å². The van der Waals surface area contributed by atoms with Crippen molar-refractivity contribution in [1.29, 1.82) is 5.26 Å². The first-order valence-electron chi connectivity index (χ1n) is 7.17. The lowest BCUT2D eigenvalue weighted by molar-refractivity contribution is -0.142. The molecule has 0 atom stereocenters. The second kappa shape index (κ2) is 8.25. The second-order valence-corrected chi connectivity index (χ2v) is 6.73. The van der Waals surface area contributed by atoms with Gasteiger partial charge in [-0.05, 0) is 17.7 Å². The first-order valence-corrected chi connectivity index (χ1v) is 8.91. The molecule has 26 heavy (non-hydrogen) atoms. The summed E-state index contributed by atoms with van der Waals surface area (Å²) in [6.45, 7) is 0. The van der Waals surface area contributed by atoms with E-state index < -0.39 is 16.9 Å². The third kappa shape index (κ3) is 4.11. The standard InChI is InChI=1S/C16H13Cl2F3N4S/c1-23-15(24-2)26-8-25-13(9-3-5-10(17)6-4-9)11(7-22)12(18)14(25)16(19,20)21/h3-6H,8H2,1-2H3,(H,23,24). The Hall–Kier alpha value is -1.82. The molecule has 10 heteroatoms. The quantitative estimate of drug-likeness (QED) is 0.544. The molecule has 0 aliphatic heterocycles. The number of nitrogens with zero attached hydrogens (tertiary/aromatic N) is 3. The van der Waals surface area contributed by atoms with Crippen LogP contribution >= 0.6 is 35.0 Å². The van der Waals surface area contributed by atoms with Crippen LogP contribution in [0.1, 0.15) is 11.3 Å². The molecule has 0 spiro atoms. The summed E-state index contributed by atoms with van der Waals surface area (Å²) in [5.74, 6) is -0.137. The molecule has 0 aliphatic carbocycles. The topological polar surface area (TPSA) is 53.1 Å². The highest BCUT2D eigenvalue weighted by Gasteiger charge is 2.41. The number of hydrogen-bond acceptors (Lipinski definition) is 3. The fourth-order valence-corrected chi connectivity index (χ4v) is 3.63. The number of hydrogen-bond donors (Lipinski definition) is 1. The maximum Gasteiger partial charge on any atom is 0.432 e. The van der Waals surface area contributed by atoms with Crippen LogP contribution in [-0.4, -0.2) is 23.8 Å². The molecular formula is C16H13Cl2F3N4S. The van der Waals surface area contributed by atoms with Gasteiger partial charge in [-0.25, -0.2) is 0 Å². The zero-order chi connectivity index (χ0) is 19.5.